The lowest BCUT2D eigenvalue weighted by molar-refractivity contribution is -0.121. The van der Waals surface area contributed by atoms with E-state index in [9.17, 15) is 4.79 Å². The van der Waals surface area contributed by atoms with Gasteiger partial charge in [-0.05, 0) is 51.1 Å². The van der Waals surface area contributed by atoms with Gasteiger partial charge in [0.1, 0.15) is 5.82 Å². The van der Waals surface area contributed by atoms with Crippen LogP contribution < -0.4 is 5.32 Å². The van der Waals surface area contributed by atoms with Crippen LogP contribution in [0, 0.1) is 20.8 Å². The second-order valence-corrected chi connectivity index (χ2v) is 6.92. The van der Waals surface area contributed by atoms with Crippen LogP contribution >= 0.6 is 23.7 Å². The first-order valence-electron chi connectivity index (χ1n) is 7.98. The van der Waals surface area contributed by atoms with Gasteiger partial charge in [-0.3, -0.25) is 4.79 Å². The van der Waals surface area contributed by atoms with Gasteiger partial charge in [0, 0.05) is 22.7 Å². The number of aromatic nitrogens is 4. The molecule has 134 valence electrons. The van der Waals surface area contributed by atoms with Crippen molar-refractivity contribution in [3.8, 4) is 0 Å². The second kappa shape index (κ2) is 7.93. The molecule has 0 fully saturated rings. The average Bonchev–Trinajstić information content (AvgIpc) is 3.16. The summed E-state index contributed by atoms with van der Waals surface area (Å²) in [6.07, 6.45) is 1.07. The summed E-state index contributed by atoms with van der Waals surface area (Å²) >= 11 is 1.65. The molecule has 1 unspecified atom stereocenters. The van der Waals surface area contributed by atoms with E-state index in [0.29, 0.717) is 24.4 Å². The summed E-state index contributed by atoms with van der Waals surface area (Å²) in [5.74, 6) is 1.36. The van der Waals surface area contributed by atoms with Gasteiger partial charge in [-0.15, -0.1) is 23.7 Å². The molecule has 0 aliphatic carbocycles. The Bertz CT molecular complexity index is 875. The maximum Gasteiger partial charge on any atom is 0.252 e. The highest BCUT2D eigenvalue weighted by Crippen LogP contribution is 2.19. The lowest BCUT2D eigenvalue weighted by atomic mass is 10.1. The first-order chi connectivity index (χ1) is 11.5. The van der Waals surface area contributed by atoms with Crippen molar-refractivity contribution >= 4 is 35.4 Å². The summed E-state index contributed by atoms with van der Waals surface area (Å²) in [6.45, 7) is 7.81. The van der Waals surface area contributed by atoms with Crippen molar-refractivity contribution in [1.82, 2.24) is 24.9 Å². The summed E-state index contributed by atoms with van der Waals surface area (Å²) in [5.41, 5.74) is 2.97. The van der Waals surface area contributed by atoms with E-state index in [1.807, 2.05) is 45.2 Å². The number of carbonyl (C=O) groups excluding carboxylic acids is 1. The molecule has 0 aromatic carbocycles. The molecule has 3 rings (SSSR count). The van der Waals surface area contributed by atoms with Gasteiger partial charge >= 0.3 is 0 Å². The van der Waals surface area contributed by atoms with E-state index >= 15 is 0 Å². The molecule has 0 aliphatic rings. The zero-order valence-electron chi connectivity index (χ0n) is 14.7. The quantitative estimate of drug-likeness (QED) is 0.737. The molecular formula is C17H22ClN5OS. The Labute approximate surface area is 157 Å². The SMILES string of the molecule is Cc1nc2nc(C)c(CCC(=O)NC(C)c3cccs3)c(C)n2n1.Cl. The normalized spacial score (nSPS) is 12.0. The highest BCUT2D eigenvalue weighted by atomic mass is 35.5. The zero-order valence-corrected chi connectivity index (χ0v) is 16.4. The van der Waals surface area contributed by atoms with Gasteiger partial charge in [-0.1, -0.05) is 6.07 Å². The maximum atomic E-state index is 12.3. The number of rotatable bonds is 5. The standard InChI is InChI=1S/C17H21N5OS.ClH/c1-10-14(12(3)22-17(19-10)20-13(4)21-22)7-8-16(23)18-11(2)15-6-5-9-24-15;/h5-6,9,11H,7-8H2,1-4H3,(H,18,23);1H. The molecule has 1 N–H and O–H groups in total. The van der Waals surface area contributed by atoms with E-state index in [4.69, 9.17) is 0 Å². The van der Waals surface area contributed by atoms with E-state index < -0.39 is 0 Å². The fourth-order valence-electron chi connectivity index (χ4n) is 2.83. The monoisotopic (exact) mass is 379 g/mol. The number of hydrogen-bond acceptors (Lipinski definition) is 5. The third kappa shape index (κ3) is 4.16. The number of aryl methyl sites for hydroxylation is 3. The Kier molecular flexibility index (Phi) is 6.13. The molecule has 3 aromatic heterocycles. The van der Waals surface area contributed by atoms with Crippen molar-refractivity contribution in [2.45, 2.75) is 46.6 Å². The van der Waals surface area contributed by atoms with Gasteiger partial charge in [0.2, 0.25) is 5.91 Å². The summed E-state index contributed by atoms with van der Waals surface area (Å²) in [6, 6.07) is 4.07. The lowest BCUT2D eigenvalue weighted by Crippen LogP contribution is -2.26. The third-order valence-electron chi connectivity index (χ3n) is 4.10. The van der Waals surface area contributed by atoms with Crippen LogP contribution in [-0.4, -0.2) is 25.5 Å². The number of halogens is 1. The lowest BCUT2D eigenvalue weighted by Gasteiger charge is -2.13. The van der Waals surface area contributed by atoms with Crippen LogP contribution in [0.25, 0.3) is 5.78 Å². The fourth-order valence-corrected chi connectivity index (χ4v) is 3.57. The number of nitrogens with zero attached hydrogens (tertiary/aromatic N) is 4. The van der Waals surface area contributed by atoms with E-state index in [0.717, 1.165) is 21.8 Å². The summed E-state index contributed by atoms with van der Waals surface area (Å²) in [5, 5.41) is 9.44. The zero-order chi connectivity index (χ0) is 17.3. The Morgan fingerprint density at radius 2 is 2.08 bits per heavy atom. The molecule has 1 atom stereocenters. The number of fused-ring (bicyclic) bond motifs is 1. The largest absolute Gasteiger partial charge is 0.349 e. The molecule has 25 heavy (non-hydrogen) atoms. The molecule has 3 heterocycles. The molecule has 0 saturated heterocycles. The molecule has 6 nitrogen and oxygen atoms in total. The topological polar surface area (TPSA) is 72.2 Å². The maximum absolute atomic E-state index is 12.3. The minimum atomic E-state index is 0. The predicted octanol–water partition coefficient (Wildman–Crippen LogP) is 3.34. The number of amides is 1. The molecule has 0 spiro atoms. The molecule has 0 radical (unpaired) electrons. The van der Waals surface area contributed by atoms with Crippen molar-refractivity contribution in [2.24, 2.45) is 0 Å². The first kappa shape index (κ1) is 19.3. The molecule has 0 aliphatic heterocycles. The van der Waals surface area contributed by atoms with Crippen LogP contribution in [0.3, 0.4) is 0 Å². The van der Waals surface area contributed by atoms with Crippen molar-refractivity contribution in [3.63, 3.8) is 0 Å². The number of carbonyl (C=O) groups is 1. The minimum absolute atomic E-state index is 0. The highest BCUT2D eigenvalue weighted by molar-refractivity contribution is 7.10. The van der Waals surface area contributed by atoms with Crippen LogP contribution in [0.2, 0.25) is 0 Å². The number of thiophene rings is 1. The highest BCUT2D eigenvalue weighted by Gasteiger charge is 2.15. The van der Waals surface area contributed by atoms with Crippen molar-refractivity contribution in [1.29, 1.82) is 0 Å². The van der Waals surface area contributed by atoms with E-state index in [1.165, 1.54) is 0 Å². The van der Waals surface area contributed by atoms with Crippen LogP contribution in [0.5, 0.6) is 0 Å². The van der Waals surface area contributed by atoms with Crippen LogP contribution in [0.1, 0.15) is 47.0 Å². The minimum Gasteiger partial charge on any atom is -0.349 e. The van der Waals surface area contributed by atoms with E-state index in [2.05, 4.69) is 20.4 Å². The van der Waals surface area contributed by atoms with Gasteiger partial charge in [-0.25, -0.2) is 9.50 Å². The van der Waals surface area contributed by atoms with Gasteiger partial charge in [0.25, 0.3) is 5.78 Å². The Balaban J connectivity index is 0.00000225. The molecule has 3 aromatic rings. The summed E-state index contributed by atoms with van der Waals surface area (Å²) in [7, 11) is 0. The van der Waals surface area contributed by atoms with Crippen LogP contribution in [0.4, 0.5) is 0 Å². The molecule has 8 heteroatoms. The summed E-state index contributed by atoms with van der Waals surface area (Å²) in [4.78, 5) is 22.2. The van der Waals surface area contributed by atoms with Crippen molar-refractivity contribution in [3.05, 3.63) is 45.2 Å². The van der Waals surface area contributed by atoms with Crippen molar-refractivity contribution in [2.75, 3.05) is 0 Å². The Hall–Kier alpha value is -1.99. The average molecular weight is 380 g/mol. The van der Waals surface area contributed by atoms with E-state index in [-0.39, 0.29) is 24.4 Å². The fraction of sp³-hybridized carbons (Fsp3) is 0.412. The molecular weight excluding hydrogens is 358 g/mol. The van der Waals surface area contributed by atoms with Gasteiger partial charge < -0.3 is 5.32 Å². The van der Waals surface area contributed by atoms with Gasteiger partial charge in [0.15, 0.2) is 0 Å². The van der Waals surface area contributed by atoms with Crippen LogP contribution in [-0.2, 0) is 11.2 Å². The Morgan fingerprint density at radius 3 is 2.76 bits per heavy atom. The number of hydrogen-bond donors (Lipinski definition) is 1. The third-order valence-corrected chi connectivity index (χ3v) is 5.16. The molecule has 1 amide bonds. The molecule has 0 bridgehead atoms. The van der Waals surface area contributed by atoms with Gasteiger partial charge in [0.05, 0.1) is 6.04 Å². The Morgan fingerprint density at radius 1 is 1.32 bits per heavy atom. The first-order valence-corrected chi connectivity index (χ1v) is 8.86. The molecule has 0 saturated carbocycles. The van der Waals surface area contributed by atoms with E-state index in [1.54, 1.807) is 15.9 Å². The van der Waals surface area contributed by atoms with Crippen LogP contribution in [0.15, 0.2) is 17.5 Å². The summed E-state index contributed by atoms with van der Waals surface area (Å²) < 4.78 is 1.75. The predicted molar refractivity (Wildman–Crippen MR) is 101 cm³/mol. The van der Waals surface area contributed by atoms with Gasteiger partial charge in [-0.2, -0.15) is 10.1 Å². The second-order valence-electron chi connectivity index (χ2n) is 5.94. The smallest absolute Gasteiger partial charge is 0.252 e. The van der Waals surface area contributed by atoms with Crippen molar-refractivity contribution < 1.29 is 4.79 Å². The number of nitrogens with one attached hydrogen (secondary N) is 1.